The van der Waals surface area contributed by atoms with Crippen molar-refractivity contribution in [2.24, 2.45) is 0 Å². The van der Waals surface area contributed by atoms with E-state index in [1.54, 1.807) is 12.9 Å². The molecule has 0 aromatic heterocycles. The van der Waals surface area contributed by atoms with Gasteiger partial charge in [-0.1, -0.05) is 44.2 Å². The minimum atomic E-state index is -1.50. The SMILES string of the molecule is CC.CO[C@H]1CC(c2ccccc2)OC1/C=C/P(O)OC. The summed E-state index contributed by atoms with van der Waals surface area (Å²) in [6.45, 7) is 4.00. The van der Waals surface area contributed by atoms with Gasteiger partial charge in [-0.15, -0.1) is 0 Å². The molecule has 1 saturated heterocycles. The van der Waals surface area contributed by atoms with Crippen LogP contribution in [0, 0.1) is 0 Å². The first-order valence-electron chi connectivity index (χ1n) is 7.18. The van der Waals surface area contributed by atoms with Gasteiger partial charge >= 0.3 is 0 Å². The normalized spacial score (nSPS) is 26.4. The van der Waals surface area contributed by atoms with E-state index < -0.39 is 8.38 Å². The van der Waals surface area contributed by atoms with E-state index in [1.807, 2.05) is 38.1 Å². The highest BCUT2D eigenvalue weighted by Gasteiger charge is 2.34. The molecule has 1 aromatic rings. The number of methoxy groups -OCH3 is 1. The van der Waals surface area contributed by atoms with E-state index in [0.717, 1.165) is 12.0 Å². The van der Waals surface area contributed by atoms with Crippen molar-refractivity contribution in [1.29, 1.82) is 0 Å². The molecule has 0 radical (unpaired) electrons. The fraction of sp³-hybridized carbons (Fsp3) is 0.500. The van der Waals surface area contributed by atoms with Crippen LogP contribution in [0.5, 0.6) is 0 Å². The van der Waals surface area contributed by atoms with Crippen LogP contribution in [-0.4, -0.2) is 31.3 Å². The fourth-order valence-electron chi connectivity index (χ4n) is 2.18. The van der Waals surface area contributed by atoms with Gasteiger partial charge in [0, 0.05) is 20.6 Å². The van der Waals surface area contributed by atoms with Gasteiger partial charge in [0.25, 0.3) is 0 Å². The zero-order valence-electron chi connectivity index (χ0n) is 13.1. The van der Waals surface area contributed by atoms with Crippen molar-refractivity contribution < 1.29 is 18.9 Å². The Labute approximate surface area is 128 Å². The highest BCUT2D eigenvalue weighted by atomic mass is 31.2. The molecule has 1 fully saturated rings. The zero-order valence-corrected chi connectivity index (χ0v) is 14.0. The summed E-state index contributed by atoms with van der Waals surface area (Å²) < 4.78 is 16.3. The molecular formula is C16H25O4P. The van der Waals surface area contributed by atoms with E-state index in [2.05, 4.69) is 12.1 Å². The molecule has 2 rings (SSSR count). The van der Waals surface area contributed by atoms with Crippen LogP contribution < -0.4 is 0 Å². The first-order valence-corrected chi connectivity index (χ1v) is 8.46. The first-order chi connectivity index (χ1) is 10.2. The van der Waals surface area contributed by atoms with Crippen LogP contribution in [0.2, 0.25) is 0 Å². The van der Waals surface area contributed by atoms with Gasteiger partial charge in [-0.2, -0.15) is 0 Å². The molecule has 118 valence electrons. The molecule has 1 heterocycles. The van der Waals surface area contributed by atoms with Crippen LogP contribution in [0.1, 0.15) is 31.9 Å². The summed E-state index contributed by atoms with van der Waals surface area (Å²) >= 11 is 0. The van der Waals surface area contributed by atoms with E-state index in [0.29, 0.717) is 0 Å². The van der Waals surface area contributed by atoms with E-state index in [1.165, 1.54) is 7.11 Å². The number of benzene rings is 1. The molecule has 0 aliphatic carbocycles. The Balaban J connectivity index is 0.00000106. The predicted octanol–water partition coefficient (Wildman–Crippen LogP) is 4.02. The maximum absolute atomic E-state index is 9.42. The lowest BCUT2D eigenvalue weighted by atomic mass is 10.0. The third-order valence-electron chi connectivity index (χ3n) is 3.20. The Morgan fingerprint density at radius 3 is 2.48 bits per heavy atom. The van der Waals surface area contributed by atoms with Crippen LogP contribution in [0.3, 0.4) is 0 Å². The second kappa shape index (κ2) is 10.0. The summed E-state index contributed by atoms with van der Waals surface area (Å²) in [5.74, 6) is 1.64. The quantitative estimate of drug-likeness (QED) is 0.834. The largest absolute Gasteiger partial charge is 0.378 e. The third kappa shape index (κ3) is 5.50. The number of hydrogen-bond acceptors (Lipinski definition) is 4. The topological polar surface area (TPSA) is 47.9 Å². The number of rotatable bonds is 5. The van der Waals surface area contributed by atoms with Crippen molar-refractivity contribution in [3.63, 3.8) is 0 Å². The maximum Gasteiger partial charge on any atom is 0.194 e. The van der Waals surface area contributed by atoms with Crippen molar-refractivity contribution in [1.82, 2.24) is 0 Å². The molecule has 5 heteroatoms. The van der Waals surface area contributed by atoms with Gasteiger partial charge < -0.3 is 18.9 Å². The van der Waals surface area contributed by atoms with E-state index in [-0.39, 0.29) is 18.3 Å². The first kappa shape index (κ1) is 18.3. The Morgan fingerprint density at radius 2 is 1.90 bits per heavy atom. The molecule has 1 aliphatic heterocycles. The average Bonchev–Trinajstić information content (AvgIpc) is 2.98. The van der Waals surface area contributed by atoms with E-state index >= 15 is 0 Å². The second-order valence-corrected chi connectivity index (χ2v) is 5.60. The van der Waals surface area contributed by atoms with Gasteiger partial charge in [0.1, 0.15) is 6.10 Å². The molecule has 1 N–H and O–H groups in total. The van der Waals surface area contributed by atoms with Crippen LogP contribution >= 0.6 is 8.38 Å². The molecular weight excluding hydrogens is 287 g/mol. The van der Waals surface area contributed by atoms with Crippen LogP contribution in [0.25, 0.3) is 0 Å². The fourth-order valence-corrected chi connectivity index (χ4v) is 2.62. The lowest BCUT2D eigenvalue weighted by Gasteiger charge is -2.13. The molecule has 0 amide bonds. The molecule has 0 bridgehead atoms. The molecule has 1 aliphatic rings. The minimum absolute atomic E-state index is 0.00159. The summed E-state index contributed by atoms with van der Waals surface area (Å²) in [5.41, 5.74) is 1.15. The van der Waals surface area contributed by atoms with Gasteiger partial charge in [0.05, 0.1) is 12.2 Å². The Kier molecular flexibility index (Phi) is 8.74. The molecule has 4 nitrogen and oxygen atoms in total. The van der Waals surface area contributed by atoms with Gasteiger partial charge in [-0.05, 0) is 17.5 Å². The highest BCUT2D eigenvalue weighted by Crippen LogP contribution is 2.37. The van der Waals surface area contributed by atoms with Crippen LogP contribution in [0.4, 0.5) is 0 Å². The molecule has 21 heavy (non-hydrogen) atoms. The van der Waals surface area contributed by atoms with Gasteiger partial charge in [0.15, 0.2) is 8.38 Å². The Morgan fingerprint density at radius 1 is 1.24 bits per heavy atom. The van der Waals surface area contributed by atoms with Crippen molar-refractivity contribution in [2.45, 2.75) is 38.6 Å². The molecule has 1 aromatic carbocycles. The molecule has 4 atom stereocenters. The monoisotopic (exact) mass is 312 g/mol. The second-order valence-electron chi connectivity index (χ2n) is 4.34. The summed E-state index contributed by atoms with van der Waals surface area (Å²) in [7, 11) is 1.66. The number of hydrogen-bond donors (Lipinski definition) is 1. The summed E-state index contributed by atoms with van der Waals surface area (Å²) in [5, 5.41) is 0. The maximum atomic E-state index is 9.42. The smallest absolute Gasteiger partial charge is 0.194 e. The zero-order chi connectivity index (χ0) is 15.7. The summed E-state index contributed by atoms with van der Waals surface area (Å²) in [6.07, 6.45) is 2.52. The van der Waals surface area contributed by atoms with Crippen molar-refractivity contribution in [3.8, 4) is 0 Å². The minimum Gasteiger partial charge on any atom is -0.378 e. The summed E-state index contributed by atoms with van der Waals surface area (Å²) in [4.78, 5) is 9.42. The molecule has 0 spiro atoms. The standard InChI is InChI=1S/C14H19O4P.C2H6/c1-16-14-10-13(11-6-4-3-5-7-11)18-12(14)8-9-19(15)17-2;1-2/h3-9,12-15H,10H2,1-2H3;1-2H3/b9-8+;/t12?,13?,14-,19?;/m0./s1. The van der Waals surface area contributed by atoms with Crippen LogP contribution in [-0.2, 0) is 14.0 Å². The van der Waals surface area contributed by atoms with Gasteiger partial charge in [0.2, 0.25) is 0 Å². The third-order valence-corrected chi connectivity index (χ3v) is 4.00. The summed E-state index contributed by atoms with van der Waals surface area (Å²) in [6, 6.07) is 10.1. The highest BCUT2D eigenvalue weighted by molar-refractivity contribution is 7.49. The van der Waals surface area contributed by atoms with Crippen molar-refractivity contribution in [2.75, 3.05) is 14.2 Å². The average molecular weight is 312 g/mol. The Bertz CT molecular complexity index is 410. The van der Waals surface area contributed by atoms with Crippen molar-refractivity contribution in [3.05, 3.63) is 47.8 Å². The van der Waals surface area contributed by atoms with E-state index in [9.17, 15) is 4.89 Å². The van der Waals surface area contributed by atoms with E-state index in [4.69, 9.17) is 14.0 Å². The van der Waals surface area contributed by atoms with Crippen LogP contribution in [0.15, 0.2) is 42.2 Å². The number of ether oxygens (including phenoxy) is 2. The van der Waals surface area contributed by atoms with Gasteiger partial charge in [-0.3, -0.25) is 0 Å². The lowest BCUT2D eigenvalue weighted by Crippen LogP contribution is -2.20. The molecule has 0 saturated carbocycles. The molecule has 3 unspecified atom stereocenters. The predicted molar refractivity (Wildman–Crippen MR) is 86.1 cm³/mol. The lowest BCUT2D eigenvalue weighted by molar-refractivity contribution is 0.0220. The van der Waals surface area contributed by atoms with Gasteiger partial charge in [-0.25, -0.2) is 0 Å². The van der Waals surface area contributed by atoms with Crippen molar-refractivity contribution >= 4 is 8.38 Å². The Hall–Kier alpha value is -0.770.